The van der Waals surface area contributed by atoms with Gasteiger partial charge in [0.25, 0.3) is 0 Å². The molecule has 0 aliphatic carbocycles. The molecule has 0 saturated carbocycles. The normalized spacial score (nSPS) is 10.0. The molecule has 0 aliphatic heterocycles. The fourth-order valence-corrected chi connectivity index (χ4v) is 0.123. The zero-order valence-electron chi connectivity index (χ0n) is 6.43. The van der Waals surface area contributed by atoms with E-state index in [0.29, 0.717) is 5.57 Å². The van der Waals surface area contributed by atoms with Crippen molar-refractivity contribution in [3.63, 3.8) is 0 Å². The van der Waals surface area contributed by atoms with Crippen LogP contribution >= 0.6 is 0 Å². The second kappa shape index (κ2) is 4.95. The first kappa shape index (κ1) is 10.7. The van der Waals surface area contributed by atoms with E-state index in [-0.39, 0.29) is 20.3 Å². The minimum absolute atomic E-state index is 0. The average Bonchev–Trinajstić information content (AvgIpc) is 1.65. The summed E-state index contributed by atoms with van der Waals surface area (Å²) in [5.41, 5.74) is 0.389. The number of aliphatic carboxylic acids is 1. The first-order valence-corrected chi connectivity index (χ1v) is 2.04. The van der Waals surface area contributed by atoms with Crippen LogP contribution in [-0.2, 0) is 4.79 Å². The number of carboxylic acids is 1. The van der Waals surface area contributed by atoms with Crippen LogP contribution in [0.3, 0.4) is 0 Å². The van der Waals surface area contributed by atoms with Gasteiger partial charge in [-0.2, -0.15) is 0 Å². The van der Waals surface area contributed by atoms with Gasteiger partial charge in [-0.1, -0.05) is 6.08 Å². The zero-order chi connectivity index (χ0) is 5.86. The van der Waals surface area contributed by atoms with E-state index in [1.165, 1.54) is 0 Å². The Hall–Kier alpha value is -0.193. The van der Waals surface area contributed by atoms with Crippen LogP contribution < -0.4 is 18.9 Å². The van der Waals surface area contributed by atoms with Crippen LogP contribution in [0, 0.1) is 0 Å². The fraction of sp³-hybridized carbons (Fsp3) is 0.400. The molecular formula is C5H9LiO2. The Kier molecular flexibility index (Phi) is 6.64. The van der Waals surface area contributed by atoms with Gasteiger partial charge in [0.05, 0.1) is 0 Å². The van der Waals surface area contributed by atoms with E-state index >= 15 is 0 Å². The van der Waals surface area contributed by atoms with Crippen molar-refractivity contribution in [2.24, 2.45) is 0 Å². The Balaban J connectivity index is -0.000000180. The molecule has 0 bridgehead atoms. The van der Waals surface area contributed by atoms with E-state index in [1.807, 2.05) is 0 Å². The van der Waals surface area contributed by atoms with Gasteiger partial charge >= 0.3 is 24.8 Å². The van der Waals surface area contributed by atoms with Crippen LogP contribution in [0.1, 0.15) is 15.3 Å². The van der Waals surface area contributed by atoms with Crippen molar-refractivity contribution in [2.75, 3.05) is 0 Å². The van der Waals surface area contributed by atoms with Crippen molar-refractivity contribution in [1.82, 2.24) is 0 Å². The van der Waals surface area contributed by atoms with Gasteiger partial charge in [-0.25, -0.2) is 4.79 Å². The maximum absolute atomic E-state index is 9.86. The van der Waals surface area contributed by atoms with Crippen LogP contribution in [0.2, 0.25) is 0 Å². The van der Waals surface area contributed by atoms with Crippen molar-refractivity contribution < 1.29 is 30.2 Å². The maximum Gasteiger partial charge on any atom is 1.00 e. The van der Waals surface area contributed by atoms with E-state index in [0.717, 1.165) is 0 Å². The second-order valence-electron chi connectivity index (χ2n) is 1.28. The van der Waals surface area contributed by atoms with Crippen molar-refractivity contribution >= 4 is 5.97 Å². The van der Waals surface area contributed by atoms with Gasteiger partial charge in [-0.3, -0.25) is 0 Å². The van der Waals surface area contributed by atoms with Gasteiger partial charge in [0, 0.05) is 5.57 Å². The summed E-state index contributed by atoms with van der Waals surface area (Å²) >= 11 is 0. The summed E-state index contributed by atoms with van der Waals surface area (Å²) in [5, 5.41) is 8.11. The largest absolute Gasteiger partial charge is 1.00 e. The smallest absolute Gasteiger partial charge is 1.00 e. The predicted molar refractivity (Wildman–Crippen MR) is 28.2 cm³/mol. The number of hydrogen-bond donors (Lipinski definition) is 1. The Bertz CT molecular complexity index is 112. The molecule has 0 radical (unpaired) electrons. The number of carboxylic acid groups (broad SMARTS) is 1. The molecule has 3 heteroatoms. The van der Waals surface area contributed by atoms with Crippen molar-refractivity contribution in [3.8, 4) is 0 Å². The number of allylic oxidation sites excluding steroid dienone is 1. The van der Waals surface area contributed by atoms with Crippen molar-refractivity contribution in [3.05, 3.63) is 11.6 Å². The van der Waals surface area contributed by atoms with Crippen LogP contribution in [-0.4, -0.2) is 11.1 Å². The summed E-state index contributed by atoms with van der Waals surface area (Å²) < 4.78 is 0. The van der Waals surface area contributed by atoms with Crippen LogP contribution in [0.15, 0.2) is 11.6 Å². The average molecular weight is 108 g/mol. The third-order valence-electron chi connectivity index (χ3n) is 0.770. The number of hydrogen-bond acceptors (Lipinski definition) is 1. The second-order valence-corrected chi connectivity index (χ2v) is 1.28. The summed E-state index contributed by atoms with van der Waals surface area (Å²) in [6.07, 6.45) is 1.56. The fourth-order valence-electron chi connectivity index (χ4n) is 0.123. The SMILES string of the molecule is CC=C(C)C(=O)O.[H-].[Li+]. The standard InChI is InChI=1S/C5H8O2.Li.H/c1-3-4(2)5(6)7;;/h3H,1-2H3,(H,6,7);;/q;+1;-1. The maximum atomic E-state index is 9.86. The molecule has 2 nitrogen and oxygen atoms in total. The molecule has 0 rings (SSSR count). The predicted octanol–water partition coefficient (Wildman–Crippen LogP) is -1.85. The van der Waals surface area contributed by atoms with Gasteiger partial charge in [0.15, 0.2) is 0 Å². The molecule has 0 unspecified atom stereocenters. The molecule has 0 saturated heterocycles. The summed E-state index contributed by atoms with van der Waals surface area (Å²) in [6, 6.07) is 0. The van der Waals surface area contributed by atoms with Gasteiger partial charge in [0.1, 0.15) is 0 Å². The molecule has 0 aromatic carbocycles. The Morgan fingerprint density at radius 3 is 2.12 bits per heavy atom. The quantitative estimate of drug-likeness (QED) is 0.316. The Morgan fingerprint density at radius 2 is 2.12 bits per heavy atom. The van der Waals surface area contributed by atoms with E-state index in [1.54, 1.807) is 19.9 Å². The molecule has 0 heterocycles. The van der Waals surface area contributed by atoms with Gasteiger partial charge in [0.2, 0.25) is 0 Å². The first-order chi connectivity index (χ1) is 3.18. The van der Waals surface area contributed by atoms with Crippen molar-refractivity contribution in [1.29, 1.82) is 0 Å². The van der Waals surface area contributed by atoms with Crippen LogP contribution in [0.25, 0.3) is 0 Å². The zero-order valence-corrected chi connectivity index (χ0v) is 5.43. The van der Waals surface area contributed by atoms with Gasteiger partial charge < -0.3 is 6.53 Å². The van der Waals surface area contributed by atoms with E-state index < -0.39 is 5.97 Å². The summed E-state index contributed by atoms with van der Waals surface area (Å²) in [5.74, 6) is -0.845. The topological polar surface area (TPSA) is 37.3 Å². The Morgan fingerprint density at radius 1 is 1.75 bits per heavy atom. The molecule has 0 fully saturated rings. The minimum atomic E-state index is -0.845. The van der Waals surface area contributed by atoms with Crippen LogP contribution in [0.4, 0.5) is 0 Å². The molecule has 0 aromatic rings. The van der Waals surface area contributed by atoms with E-state index in [4.69, 9.17) is 5.11 Å². The van der Waals surface area contributed by atoms with E-state index in [2.05, 4.69) is 0 Å². The molecule has 1 N–H and O–H groups in total. The Labute approximate surface area is 62.2 Å². The molecule has 0 aromatic heterocycles. The minimum Gasteiger partial charge on any atom is -1.00 e. The number of carbonyl (C=O) groups is 1. The third kappa shape index (κ3) is 3.98. The molecule has 0 atom stereocenters. The van der Waals surface area contributed by atoms with Crippen LogP contribution in [0.5, 0.6) is 0 Å². The molecule has 0 aliphatic rings. The van der Waals surface area contributed by atoms with Gasteiger partial charge in [-0.05, 0) is 13.8 Å². The summed E-state index contributed by atoms with van der Waals surface area (Å²) in [6.45, 7) is 3.26. The summed E-state index contributed by atoms with van der Waals surface area (Å²) in [4.78, 5) is 9.86. The number of rotatable bonds is 1. The molecule has 0 amide bonds. The third-order valence-corrected chi connectivity index (χ3v) is 0.770. The first-order valence-electron chi connectivity index (χ1n) is 2.04. The van der Waals surface area contributed by atoms with Gasteiger partial charge in [-0.15, -0.1) is 0 Å². The molecule has 42 valence electrons. The molecular weight excluding hydrogens is 99.0 g/mol. The molecule has 8 heavy (non-hydrogen) atoms. The van der Waals surface area contributed by atoms with E-state index in [9.17, 15) is 4.79 Å². The summed E-state index contributed by atoms with van der Waals surface area (Å²) in [7, 11) is 0. The monoisotopic (exact) mass is 108 g/mol. The molecule has 0 spiro atoms. The van der Waals surface area contributed by atoms with Crippen molar-refractivity contribution in [2.45, 2.75) is 13.8 Å².